The van der Waals surface area contributed by atoms with E-state index in [0.29, 0.717) is 18.6 Å². The molecule has 6 heteroatoms. The maximum atomic E-state index is 13.4. The van der Waals surface area contributed by atoms with Gasteiger partial charge in [0.1, 0.15) is 5.82 Å². The fourth-order valence-corrected chi connectivity index (χ4v) is 1.63. The average Bonchev–Trinajstić information content (AvgIpc) is 2.42. The van der Waals surface area contributed by atoms with Gasteiger partial charge in [-0.3, -0.25) is 4.79 Å². The first-order valence-electron chi connectivity index (χ1n) is 6.09. The summed E-state index contributed by atoms with van der Waals surface area (Å²) < 4.78 is 18.4. The molecule has 0 aliphatic carbocycles. The Morgan fingerprint density at radius 3 is 2.35 bits per heavy atom. The summed E-state index contributed by atoms with van der Waals surface area (Å²) in [6, 6.07) is 4.44. The summed E-state index contributed by atoms with van der Waals surface area (Å²) in [5, 5.41) is 0. The molecule has 0 heterocycles. The lowest BCUT2D eigenvalue weighted by atomic mass is 9.80. The normalized spacial score (nSPS) is 12.4. The third-order valence-electron chi connectivity index (χ3n) is 3.07. The first-order chi connectivity index (χ1) is 9.37. The zero-order chi connectivity index (χ0) is 15.8. The van der Waals surface area contributed by atoms with Crippen LogP contribution in [0.4, 0.5) is 10.1 Å². The molecule has 0 aliphatic rings. The van der Waals surface area contributed by atoms with Gasteiger partial charge < -0.3 is 10.5 Å². The van der Waals surface area contributed by atoms with Crippen LogP contribution in [0.15, 0.2) is 18.2 Å². The molecule has 0 aromatic heterocycles. The summed E-state index contributed by atoms with van der Waals surface area (Å²) in [6.45, 7) is 5.67. The summed E-state index contributed by atoms with van der Waals surface area (Å²) in [4.78, 5) is 28.2. The number of hydrogen-bond acceptors (Lipinski definition) is 5. The van der Waals surface area contributed by atoms with Crippen molar-refractivity contribution in [3.63, 3.8) is 0 Å². The van der Waals surface area contributed by atoms with Crippen molar-refractivity contribution in [1.29, 1.82) is 0 Å². The molecule has 1 aromatic carbocycles. The van der Waals surface area contributed by atoms with Gasteiger partial charge in [-0.2, -0.15) is 9.59 Å². The Hall–Kier alpha value is -2.20. The van der Waals surface area contributed by atoms with E-state index >= 15 is 0 Å². The molecule has 0 fully saturated rings. The van der Waals surface area contributed by atoms with E-state index in [-0.39, 0.29) is 17.8 Å². The summed E-state index contributed by atoms with van der Waals surface area (Å²) in [5.74, 6) is -0.849. The van der Waals surface area contributed by atoms with Crippen molar-refractivity contribution in [3.8, 4) is 0 Å². The van der Waals surface area contributed by atoms with Gasteiger partial charge in [-0.25, -0.2) is 4.39 Å². The molecule has 110 valence electrons. The second-order valence-corrected chi connectivity index (χ2v) is 4.23. The van der Waals surface area contributed by atoms with E-state index in [1.807, 2.05) is 6.92 Å². The van der Waals surface area contributed by atoms with Crippen molar-refractivity contribution in [2.24, 2.45) is 0 Å². The number of carbonyl (C=O) groups is 1. The second kappa shape index (κ2) is 8.07. The molecule has 1 aromatic rings. The number of benzene rings is 1. The van der Waals surface area contributed by atoms with Crippen molar-refractivity contribution in [2.75, 3.05) is 12.3 Å². The van der Waals surface area contributed by atoms with Gasteiger partial charge in [-0.1, -0.05) is 13.0 Å². The van der Waals surface area contributed by atoms with Gasteiger partial charge in [0.05, 0.1) is 17.7 Å². The lowest BCUT2D eigenvalue weighted by Gasteiger charge is -2.26. The Labute approximate surface area is 116 Å². The predicted octanol–water partition coefficient (Wildman–Crippen LogP) is 2.06. The highest BCUT2D eigenvalue weighted by atomic mass is 19.1. The van der Waals surface area contributed by atoms with Crippen LogP contribution in [0.2, 0.25) is 0 Å². The van der Waals surface area contributed by atoms with Crippen molar-refractivity contribution in [1.82, 2.24) is 0 Å². The van der Waals surface area contributed by atoms with Gasteiger partial charge >= 0.3 is 12.1 Å². The Bertz CT molecular complexity index is 498. The molecule has 2 N–H and O–H groups in total. The van der Waals surface area contributed by atoms with Gasteiger partial charge in [0, 0.05) is 0 Å². The highest BCUT2D eigenvalue weighted by Crippen LogP contribution is 2.30. The molecule has 0 bridgehead atoms. The van der Waals surface area contributed by atoms with Crippen LogP contribution in [-0.4, -0.2) is 18.7 Å². The minimum absolute atomic E-state index is 0.0797. The lowest BCUT2D eigenvalue weighted by molar-refractivity contribution is -0.191. The Balaban J connectivity index is 0.00000110. The number of carbonyl (C=O) groups excluding carboxylic acids is 3. The van der Waals surface area contributed by atoms with E-state index in [1.165, 1.54) is 12.1 Å². The van der Waals surface area contributed by atoms with Crippen LogP contribution in [0.5, 0.6) is 0 Å². The number of rotatable bonds is 4. The molecule has 0 spiro atoms. The van der Waals surface area contributed by atoms with Crippen molar-refractivity contribution >= 4 is 17.8 Å². The Kier molecular flexibility index (Phi) is 7.18. The number of anilines is 1. The molecule has 20 heavy (non-hydrogen) atoms. The van der Waals surface area contributed by atoms with Crippen molar-refractivity contribution in [2.45, 2.75) is 32.6 Å². The third kappa shape index (κ3) is 4.17. The summed E-state index contributed by atoms with van der Waals surface area (Å²) >= 11 is 0. The van der Waals surface area contributed by atoms with Crippen LogP contribution in [0.25, 0.3) is 0 Å². The first kappa shape index (κ1) is 17.8. The quantitative estimate of drug-likeness (QED) is 0.675. The number of nitrogens with two attached hydrogens (primary N) is 1. The number of halogens is 1. The molecule has 1 unspecified atom stereocenters. The van der Waals surface area contributed by atoms with Gasteiger partial charge in [-0.15, -0.1) is 0 Å². The van der Waals surface area contributed by atoms with E-state index in [2.05, 4.69) is 0 Å². The van der Waals surface area contributed by atoms with E-state index < -0.39 is 11.2 Å². The molecule has 0 saturated carbocycles. The third-order valence-corrected chi connectivity index (χ3v) is 3.07. The highest BCUT2D eigenvalue weighted by molar-refractivity contribution is 5.82. The molecule has 0 amide bonds. The van der Waals surface area contributed by atoms with Crippen LogP contribution in [-0.2, 0) is 24.5 Å². The van der Waals surface area contributed by atoms with Gasteiger partial charge in [0.15, 0.2) is 0 Å². The maximum Gasteiger partial charge on any atom is 0.373 e. The zero-order valence-corrected chi connectivity index (χ0v) is 11.7. The lowest BCUT2D eigenvalue weighted by Crippen LogP contribution is -2.34. The molecular weight excluding hydrogens is 265 g/mol. The van der Waals surface area contributed by atoms with E-state index in [0.717, 1.165) is 0 Å². The number of esters is 1. The molecule has 0 saturated heterocycles. The number of hydrogen-bond donors (Lipinski definition) is 1. The Morgan fingerprint density at radius 2 is 1.95 bits per heavy atom. The Morgan fingerprint density at radius 1 is 1.40 bits per heavy atom. The van der Waals surface area contributed by atoms with Gasteiger partial charge in [0.25, 0.3) is 0 Å². The summed E-state index contributed by atoms with van der Waals surface area (Å²) in [5.41, 5.74) is 5.26. The van der Waals surface area contributed by atoms with Crippen LogP contribution >= 0.6 is 0 Å². The number of ether oxygens (including phenoxy) is 1. The average molecular weight is 283 g/mol. The standard InChI is InChI=1S/C13H18FNO2.CO2/c1-4-13(3,12(16)17-5-2)9-6-7-11(15)10(14)8-9;2-1-3/h6-8H,4-5,15H2,1-3H3;. The monoisotopic (exact) mass is 283 g/mol. The molecule has 1 atom stereocenters. The van der Waals surface area contributed by atoms with E-state index in [4.69, 9.17) is 20.1 Å². The fraction of sp³-hybridized carbons (Fsp3) is 0.429. The number of nitrogen functional groups attached to an aromatic ring is 1. The van der Waals surface area contributed by atoms with Gasteiger partial charge in [-0.05, 0) is 38.0 Å². The fourth-order valence-electron chi connectivity index (χ4n) is 1.63. The highest BCUT2D eigenvalue weighted by Gasteiger charge is 2.35. The van der Waals surface area contributed by atoms with Gasteiger partial charge in [0.2, 0.25) is 0 Å². The SMILES string of the molecule is CCOC(=O)C(C)(CC)c1ccc(N)c(F)c1.O=C=O. The van der Waals surface area contributed by atoms with E-state index in [9.17, 15) is 9.18 Å². The summed E-state index contributed by atoms with van der Waals surface area (Å²) in [7, 11) is 0. The van der Waals surface area contributed by atoms with Crippen LogP contribution < -0.4 is 5.73 Å². The second-order valence-electron chi connectivity index (χ2n) is 4.23. The van der Waals surface area contributed by atoms with Crippen molar-refractivity contribution < 1.29 is 23.5 Å². The smallest absolute Gasteiger partial charge is 0.373 e. The maximum absolute atomic E-state index is 13.4. The van der Waals surface area contributed by atoms with Crippen LogP contribution in [0.1, 0.15) is 32.8 Å². The molecule has 0 aliphatic heterocycles. The molecular formula is C14H18FNO4. The molecule has 1 rings (SSSR count). The topological polar surface area (TPSA) is 86.5 Å². The zero-order valence-electron chi connectivity index (χ0n) is 11.7. The molecule has 0 radical (unpaired) electrons. The van der Waals surface area contributed by atoms with Crippen LogP contribution in [0, 0.1) is 5.82 Å². The summed E-state index contributed by atoms with van der Waals surface area (Å²) in [6.07, 6.45) is 0.787. The largest absolute Gasteiger partial charge is 0.465 e. The predicted molar refractivity (Wildman–Crippen MR) is 70.1 cm³/mol. The minimum Gasteiger partial charge on any atom is -0.465 e. The minimum atomic E-state index is -0.829. The van der Waals surface area contributed by atoms with Crippen molar-refractivity contribution in [3.05, 3.63) is 29.6 Å². The van der Waals surface area contributed by atoms with Crippen LogP contribution in [0.3, 0.4) is 0 Å². The molecule has 5 nitrogen and oxygen atoms in total. The van der Waals surface area contributed by atoms with E-state index in [1.54, 1.807) is 19.9 Å². The first-order valence-corrected chi connectivity index (χ1v) is 6.09.